The summed E-state index contributed by atoms with van der Waals surface area (Å²) in [4.78, 5) is 13.5. The zero-order valence-corrected chi connectivity index (χ0v) is 14.1. The number of hydrogen-bond acceptors (Lipinski definition) is 2. The van der Waals surface area contributed by atoms with Gasteiger partial charge in [0.05, 0.1) is 0 Å². The third kappa shape index (κ3) is 3.69. The lowest BCUT2D eigenvalue weighted by atomic mass is 10.0. The molecule has 23 heavy (non-hydrogen) atoms. The normalized spacial score (nSPS) is 10.7. The Kier molecular flexibility index (Phi) is 4.58. The van der Waals surface area contributed by atoms with Gasteiger partial charge in [0.1, 0.15) is 0 Å². The van der Waals surface area contributed by atoms with Crippen LogP contribution in [-0.4, -0.2) is 5.91 Å². The smallest absolute Gasteiger partial charge is 0.255 e. The van der Waals surface area contributed by atoms with Crippen LogP contribution in [0.5, 0.6) is 0 Å². The summed E-state index contributed by atoms with van der Waals surface area (Å²) in [7, 11) is 0. The fourth-order valence-electron chi connectivity index (χ4n) is 2.38. The van der Waals surface area contributed by atoms with Crippen molar-refractivity contribution in [1.29, 1.82) is 0 Å². The van der Waals surface area contributed by atoms with Crippen molar-refractivity contribution in [3.8, 4) is 10.4 Å². The minimum absolute atomic E-state index is 0.0833. The van der Waals surface area contributed by atoms with Crippen molar-refractivity contribution in [3.63, 3.8) is 0 Å². The van der Waals surface area contributed by atoms with Gasteiger partial charge in [-0.1, -0.05) is 44.2 Å². The van der Waals surface area contributed by atoms with E-state index < -0.39 is 0 Å². The first kappa shape index (κ1) is 15.5. The SMILES string of the molecule is CC(C)c1ccc(NC(=O)c2ccc(-c3cccs3)cc2)cc1. The number of hydrogen-bond donors (Lipinski definition) is 1. The van der Waals surface area contributed by atoms with Crippen LogP contribution in [0.3, 0.4) is 0 Å². The highest BCUT2D eigenvalue weighted by atomic mass is 32.1. The minimum Gasteiger partial charge on any atom is -0.322 e. The van der Waals surface area contributed by atoms with E-state index in [4.69, 9.17) is 0 Å². The molecule has 0 saturated carbocycles. The highest BCUT2D eigenvalue weighted by molar-refractivity contribution is 7.13. The third-order valence-electron chi connectivity index (χ3n) is 3.79. The van der Waals surface area contributed by atoms with Crippen LogP contribution in [0, 0.1) is 0 Å². The lowest BCUT2D eigenvalue weighted by Crippen LogP contribution is -2.11. The van der Waals surface area contributed by atoms with Gasteiger partial charge in [-0.25, -0.2) is 0 Å². The second-order valence-electron chi connectivity index (χ2n) is 5.79. The Labute approximate surface area is 140 Å². The van der Waals surface area contributed by atoms with E-state index in [9.17, 15) is 4.79 Å². The molecule has 0 radical (unpaired) electrons. The molecular formula is C20H19NOS. The molecule has 3 heteroatoms. The number of carbonyl (C=O) groups excluding carboxylic acids is 1. The number of thiophene rings is 1. The molecule has 0 spiro atoms. The Balaban J connectivity index is 1.70. The highest BCUT2D eigenvalue weighted by Gasteiger charge is 2.07. The van der Waals surface area contributed by atoms with E-state index in [2.05, 4.69) is 42.7 Å². The summed E-state index contributed by atoms with van der Waals surface area (Å²) in [5.74, 6) is 0.407. The largest absolute Gasteiger partial charge is 0.322 e. The van der Waals surface area contributed by atoms with Crippen molar-refractivity contribution in [2.75, 3.05) is 5.32 Å². The fraction of sp³-hybridized carbons (Fsp3) is 0.150. The molecule has 1 heterocycles. The molecule has 116 valence electrons. The fourth-order valence-corrected chi connectivity index (χ4v) is 3.12. The van der Waals surface area contributed by atoms with Crippen molar-refractivity contribution in [1.82, 2.24) is 0 Å². The quantitative estimate of drug-likeness (QED) is 0.647. The summed E-state index contributed by atoms with van der Waals surface area (Å²) in [5, 5.41) is 4.99. The van der Waals surface area contributed by atoms with E-state index in [0.717, 1.165) is 11.3 Å². The molecule has 0 unspecified atom stereocenters. The van der Waals surface area contributed by atoms with E-state index >= 15 is 0 Å². The predicted octanol–water partition coefficient (Wildman–Crippen LogP) is 5.79. The van der Waals surface area contributed by atoms with Gasteiger partial charge < -0.3 is 5.32 Å². The number of carbonyl (C=O) groups is 1. The van der Waals surface area contributed by atoms with Crippen LogP contribution < -0.4 is 5.32 Å². The van der Waals surface area contributed by atoms with E-state index in [1.807, 2.05) is 42.5 Å². The van der Waals surface area contributed by atoms with Gasteiger partial charge in [-0.15, -0.1) is 11.3 Å². The van der Waals surface area contributed by atoms with Gasteiger partial charge in [-0.05, 0) is 52.8 Å². The molecule has 0 fully saturated rings. The van der Waals surface area contributed by atoms with Gasteiger partial charge in [0.25, 0.3) is 5.91 Å². The molecular weight excluding hydrogens is 302 g/mol. The van der Waals surface area contributed by atoms with Crippen molar-refractivity contribution < 1.29 is 4.79 Å². The molecule has 1 amide bonds. The highest BCUT2D eigenvalue weighted by Crippen LogP contribution is 2.25. The van der Waals surface area contributed by atoms with Gasteiger partial charge in [-0.3, -0.25) is 4.79 Å². The van der Waals surface area contributed by atoms with Crippen LogP contribution in [0.1, 0.15) is 35.7 Å². The monoisotopic (exact) mass is 321 g/mol. The zero-order valence-electron chi connectivity index (χ0n) is 13.2. The molecule has 3 rings (SSSR count). The first-order chi connectivity index (χ1) is 11.1. The second-order valence-corrected chi connectivity index (χ2v) is 6.73. The molecule has 1 aromatic heterocycles. The number of rotatable bonds is 4. The van der Waals surface area contributed by atoms with Crippen molar-refractivity contribution in [2.24, 2.45) is 0 Å². The molecule has 3 aromatic rings. The Hall–Kier alpha value is -2.39. The van der Waals surface area contributed by atoms with Gasteiger partial charge in [0.15, 0.2) is 0 Å². The Morgan fingerprint density at radius 2 is 1.65 bits per heavy atom. The average molecular weight is 321 g/mol. The third-order valence-corrected chi connectivity index (χ3v) is 4.71. The zero-order chi connectivity index (χ0) is 16.2. The Bertz CT molecular complexity index is 772. The number of benzene rings is 2. The molecule has 2 aromatic carbocycles. The van der Waals surface area contributed by atoms with Crippen LogP contribution >= 0.6 is 11.3 Å². The predicted molar refractivity (Wildman–Crippen MR) is 98.2 cm³/mol. The van der Waals surface area contributed by atoms with Crippen LogP contribution in [0.15, 0.2) is 66.0 Å². The Morgan fingerprint density at radius 3 is 2.22 bits per heavy atom. The topological polar surface area (TPSA) is 29.1 Å². The van der Waals surface area contributed by atoms with Gasteiger partial charge in [0, 0.05) is 16.1 Å². The maximum absolute atomic E-state index is 12.3. The van der Waals surface area contributed by atoms with Crippen molar-refractivity contribution in [2.45, 2.75) is 19.8 Å². The first-order valence-corrected chi connectivity index (χ1v) is 8.57. The minimum atomic E-state index is -0.0833. The van der Waals surface area contributed by atoms with Crippen LogP contribution in [0.2, 0.25) is 0 Å². The summed E-state index contributed by atoms with van der Waals surface area (Å²) in [6.07, 6.45) is 0. The molecule has 0 atom stereocenters. The van der Waals surface area contributed by atoms with E-state index in [1.165, 1.54) is 10.4 Å². The lowest BCUT2D eigenvalue weighted by molar-refractivity contribution is 0.102. The maximum Gasteiger partial charge on any atom is 0.255 e. The van der Waals surface area contributed by atoms with Crippen molar-refractivity contribution in [3.05, 3.63) is 77.2 Å². The number of amides is 1. The summed E-state index contributed by atoms with van der Waals surface area (Å²) < 4.78 is 0. The van der Waals surface area contributed by atoms with E-state index in [0.29, 0.717) is 11.5 Å². The van der Waals surface area contributed by atoms with Gasteiger partial charge in [0.2, 0.25) is 0 Å². The molecule has 0 saturated heterocycles. The summed E-state index contributed by atoms with van der Waals surface area (Å²) >= 11 is 1.70. The van der Waals surface area contributed by atoms with Crippen LogP contribution in [-0.2, 0) is 0 Å². The molecule has 0 aliphatic heterocycles. The number of anilines is 1. The average Bonchev–Trinajstić information content (AvgIpc) is 3.10. The molecule has 0 aliphatic carbocycles. The molecule has 1 N–H and O–H groups in total. The lowest BCUT2D eigenvalue weighted by Gasteiger charge is -2.09. The molecule has 0 aliphatic rings. The summed E-state index contributed by atoms with van der Waals surface area (Å²) in [6, 6.07) is 19.8. The van der Waals surface area contributed by atoms with E-state index in [1.54, 1.807) is 11.3 Å². The van der Waals surface area contributed by atoms with Gasteiger partial charge >= 0.3 is 0 Å². The van der Waals surface area contributed by atoms with Gasteiger partial charge in [-0.2, -0.15) is 0 Å². The summed E-state index contributed by atoms with van der Waals surface area (Å²) in [5.41, 5.74) is 3.89. The molecule has 2 nitrogen and oxygen atoms in total. The second kappa shape index (κ2) is 6.80. The Morgan fingerprint density at radius 1 is 0.957 bits per heavy atom. The van der Waals surface area contributed by atoms with Crippen molar-refractivity contribution >= 4 is 22.9 Å². The standard InChI is InChI=1S/C20H19NOS/c1-14(2)15-9-11-18(12-10-15)21-20(22)17-7-5-16(6-8-17)19-4-3-13-23-19/h3-14H,1-2H3,(H,21,22). The molecule has 0 bridgehead atoms. The van der Waals surface area contributed by atoms with Crippen LogP contribution in [0.25, 0.3) is 10.4 Å². The number of nitrogens with one attached hydrogen (secondary N) is 1. The van der Waals surface area contributed by atoms with E-state index in [-0.39, 0.29) is 5.91 Å². The van der Waals surface area contributed by atoms with Crippen LogP contribution in [0.4, 0.5) is 5.69 Å². The summed E-state index contributed by atoms with van der Waals surface area (Å²) in [6.45, 7) is 4.31. The first-order valence-electron chi connectivity index (χ1n) is 7.69. The maximum atomic E-state index is 12.3.